The molecule has 0 fully saturated rings. The molecule has 0 bridgehead atoms. The maximum atomic E-state index is 10.3. The Balaban J connectivity index is -0.000000245. The van der Waals surface area contributed by atoms with Crippen LogP contribution < -0.4 is 18.1 Å². The Kier molecular flexibility index (Phi) is 8.13. The molecular weight excluding hydrogens is 162 g/mol. The Hall–Kier alpha value is 0.0700. The lowest BCUT2D eigenvalue weighted by molar-refractivity contribution is -0.141. The lowest BCUT2D eigenvalue weighted by Gasteiger charge is -2.02. The zero-order valence-electron chi connectivity index (χ0n) is 6.00. The van der Waals surface area contributed by atoms with Gasteiger partial charge in [0.1, 0.15) is 6.04 Å². The highest BCUT2D eigenvalue weighted by Gasteiger charge is 2.09. The number of carbonyl (C=O) groups excluding carboxylic acids is 1. The van der Waals surface area contributed by atoms with Crippen molar-refractivity contribution in [2.75, 3.05) is 12.9 Å². The van der Waals surface area contributed by atoms with E-state index in [0.717, 1.165) is 0 Å². The second-order valence-corrected chi connectivity index (χ2v) is 1.68. The predicted molar refractivity (Wildman–Crippen MR) is 35.0 cm³/mol. The fourth-order valence-electron chi connectivity index (χ4n) is 0.226. The van der Waals surface area contributed by atoms with Crippen LogP contribution in [-0.2, 0) is 9.53 Å². The van der Waals surface area contributed by atoms with E-state index in [1.165, 1.54) is 7.11 Å². The summed E-state index contributed by atoms with van der Waals surface area (Å²) in [6.45, 7) is 0. The Morgan fingerprint density at radius 2 is 2.44 bits per heavy atom. The average molecular weight is 172 g/mol. The van der Waals surface area contributed by atoms with Gasteiger partial charge in [-0.3, -0.25) is 4.79 Å². The number of carbonyl (C=O) groups is 1. The van der Waals surface area contributed by atoms with Gasteiger partial charge in [0.25, 0.3) is 0 Å². The summed E-state index contributed by atoms with van der Waals surface area (Å²) >= 11 is 3.78. The van der Waals surface area contributed by atoms with Gasteiger partial charge in [0.15, 0.2) is 0 Å². The van der Waals surface area contributed by atoms with Crippen molar-refractivity contribution in [3.05, 3.63) is 0 Å². The van der Waals surface area contributed by atoms with Gasteiger partial charge in [-0.25, -0.2) is 0 Å². The quantitative estimate of drug-likeness (QED) is 0.336. The summed E-state index contributed by atoms with van der Waals surface area (Å²) in [6.07, 6.45) is 0. The maximum absolute atomic E-state index is 10.3. The van der Waals surface area contributed by atoms with Gasteiger partial charge >= 0.3 is 7.40 Å². The number of halogens is 1. The molecule has 5 heteroatoms. The van der Waals surface area contributed by atoms with Crippen LogP contribution in [0.25, 0.3) is 0 Å². The Labute approximate surface area is 67.2 Å². The number of thiol groups is 1. The van der Waals surface area contributed by atoms with E-state index in [-0.39, 0.29) is 13.8 Å². The van der Waals surface area contributed by atoms with Crippen molar-refractivity contribution < 1.29 is 23.4 Å². The maximum Gasteiger partial charge on any atom is 1.00 e. The molecule has 0 aromatic rings. The highest BCUT2D eigenvalue weighted by Crippen LogP contribution is 1.84. The number of ether oxygens (including phenoxy) is 1. The zero-order chi connectivity index (χ0) is 6.57. The number of hydrogen-bond acceptors (Lipinski definition) is 4. The smallest absolute Gasteiger partial charge is 1.00 e. The first kappa shape index (κ1) is 11.8. The third kappa shape index (κ3) is 4.57. The lowest BCUT2D eigenvalue weighted by atomic mass is 10.4. The van der Waals surface area contributed by atoms with Crippen molar-refractivity contribution in [1.82, 2.24) is 0 Å². The minimum absolute atomic E-state index is 0. The number of rotatable bonds is 2. The normalized spacial score (nSPS) is 11.4. The summed E-state index contributed by atoms with van der Waals surface area (Å²) in [5, 5.41) is 0. The molecule has 0 aromatic carbocycles. The van der Waals surface area contributed by atoms with E-state index in [9.17, 15) is 4.79 Å². The van der Waals surface area contributed by atoms with Crippen molar-refractivity contribution in [2.24, 2.45) is 5.73 Å². The van der Waals surface area contributed by atoms with Crippen LogP contribution in [0.3, 0.4) is 0 Å². The summed E-state index contributed by atoms with van der Waals surface area (Å²) in [5.74, 6) is -0.0906. The van der Waals surface area contributed by atoms with Crippen LogP contribution >= 0.6 is 12.6 Å². The van der Waals surface area contributed by atoms with E-state index in [1.54, 1.807) is 0 Å². The topological polar surface area (TPSA) is 52.3 Å². The largest absolute Gasteiger partial charge is 1.00 e. The van der Waals surface area contributed by atoms with E-state index in [2.05, 4.69) is 17.4 Å². The molecule has 0 saturated carbocycles. The van der Waals surface area contributed by atoms with Gasteiger partial charge in [0.2, 0.25) is 0 Å². The highest BCUT2D eigenvalue weighted by atomic mass is 35.5. The van der Waals surface area contributed by atoms with Crippen LogP contribution in [-0.4, -0.2) is 24.9 Å². The molecule has 0 spiro atoms. The monoisotopic (exact) mass is 171 g/mol. The van der Waals surface area contributed by atoms with E-state index in [1.807, 2.05) is 0 Å². The predicted octanol–water partition coefficient (Wildman–Crippen LogP) is -3.47. The molecule has 0 aromatic heterocycles. The molecular formula is C4H10ClNO2S. The molecule has 0 saturated heterocycles. The van der Waals surface area contributed by atoms with E-state index < -0.39 is 12.0 Å². The van der Waals surface area contributed by atoms with E-state index in [4.69, 9.17) is 5.73 Å². The van der Waals surface area contributed by atoms with Crippen molar-refractivity contribution >= 4 is 18.6 Å². The van der Waals surface area contributed by atoms with E-state index >= 15 is 0 Å². The van der Waals surface area contributed by atoms with Crippen LogP contribution in [0.1, 0.15) is 1.43 Å². The van der Waals surface area contributed by atoms with Crippen molar-refractivity contribution in [2.45, 2.75) is 6.04 Å². The van der Waals surface area contributed by atoms with Crippen molar-refractivity contribution in [1.29, 1.82) is 0 Å². The third-order valence-electron chi connectivity index (χ3n) is 0.701. The summed E-state index contributed by atoms with van der Waals surface area (Å²) in [6, 6.07) is -0.580. The molecule has 1 atom stereocenters. The molecule has 2 N–H and O–H groups in total. The van der Waals surface area contributed by atoms with Crippen LogP contribution in [0.4, 0.5) is 0 Å². The molecule has 0 amide bonds. The second kappa shape index (κ2) is 6.19. The van der Waals surface area contributed by atoms with E-state index in [0.29, 0.717) is 5.75 Å². The summed E-state index contributed by atoms with van der Waals surface area (Å²) in [7, 11) is 1.30. The molecule has 0 radical (unpaired) electrons. The fourth-order valence-corrected chi connectivity index (χ4v) is 0.375. The number of esters is 1. The molecule has 0 rings (SSSR count). The van der Waals surface area contributed by atoms with Crippen molar-refractivity contribution in [3.8, 4) is 0 Å². The van der Waals surface area contributed by atoms with Gasteiger partial charge < -0.3 is 22.9 Å². The summed E-state index contributed by atoms with van der Waals surface area (Å²) < 4.78 is 4.29. The first-order valence-corrected chi connectivity index (χ1v) is 2.80. The lowest BCUT2D eigenvalue weighted by Crippen LogP contribution is -3.00. The summed E-state index contributed by atoms with van der Waals surface area (Å²) in [4.78, 5) is 10.3. The molecule has 0 aliphatic heterocycles. The molecule has 0 aliphatic rings. The van der Waals surface area contributed by atoms with Crippen LogP contribution in [0.5, 0.6) is 0 Å². The third-order valence-corrected chi connectivity index (χ3v) is 1.09. The van der Waals surface area contributed by atoms with Crippen LogP contribution in [0.15, 0.2) is 0 Å². The average Bonchev–Trinajstić information content (AvgIpc) is 1.84. The van der Waals surface area contributed by atoms with Gasteiger partial charge in [0.05, 0.1) is 7.11 Å². The van der Waals surface area contributed by atoms with Crippen LogP contribution in [0, 0.1) is 0 Å². The SMILES string of the molecule is COC(=O)C(N)CS.[Cl-].[H+]. The molecule has 56 valence electrons. The molecule has 0 heterocycles. The number of nitrogens with two attached hydrogens (primary N) is 1. The Morgan fingerprint density at radius 1 is 2.00 bits per heavy atom. The van der Waals surface area contributed by atoms with Gasteiger partial charge in [-0.05, 0) is 0 Å². The minimum atomic E-state index is -0.580. The molecule has 9 heavy (non-hydrogen) atoms. The fraction of sp³-hybridized carbons (Fsp3) is 0.750. The van der Waals surface area contributed by atoms with Gasteiger partial charge in [-0.15, -0.1) is 0 Å². The second-order valence-electron chi connectivity index (χ2n) is 1.31. The Morgan fingerprint density at radius 3 is 2.56 bits per heavy atom. The zero-order valence-corrected chi connectivity index (χ0v) is 6.65. The number of hydrogen-bond donors (Lipinski definition) is 2. The first-order chi connectivity index (χ1) is 3.72. The highest BCUT2D eigenvalue weighted by molar-refractivity contribution is 7.80. The van der Waals surface area contributed by atoms with Crippen LogP contribution in [0.2, 0.25) is 0 Å². The first-order valence-electron chi connectivity index (χ1n) is 2.16. The summed E-state index contributed by atoms with van der Waals surface area (Å²) in [5.41, 5.74) is 5.18. The molecule has 0 aliphatic carbocycles. The van der Waals surface area contributed by atoms with Gasteiger partial charge in [-0.1, -0.05) is 0 Å². The van der Waals surface area contributed by atoms with Gasteiger partial charge in [-0.2, -0.15) is 12.6 Å². The number of methoxy groups -OCH3 is 1. The molecule has 1 unspecified atom stereocenters. The molecule has 3 nitrogen and oxygen atoms in total. The Bertz CT molecular complexity index is 95.3. The minimum Gasteiger partial charge on any atom is -1.00 e. The standard InChI is InChI=1S/C4H9NO2S.ClH/c1-7-4(6)3(5)2-8;/h3,8H,2,5H2,1H3;1H. The van der Waals surface area contributed by atoms with Gasteiger partial charge in [0, 0.05) is 5.75 Å². The van der Waals surface area contributed by atoms with Crippen molar-refractivity contribution in [3.63, 3.8) is 0 Å².